The molecule has 0 saturated carbocycles. The predicted molar refractivity (Wildman–Crippen MR) is 68.5 cm³/mol. The molecule has 0 amide bonds. The fourth-order valence-corrected chi connectivity index (χ4v) is 1.92. The lowest BCUT2D eigenvalue weighted by Gasteiger charge is -2.25. The van der Waals surface area contributed by atoms with Crippen LogP contribution in [0.2, 0.25) is 0 Å². The molecule has 1 rings (SSSR count). The van der Waals surface area contributed by atoms with Gasteiger partial charge >= 0.3 is 6.18 Å². The Morgan fingerprint density at radius 3 is 2.61 bits per heavy atom. The normalized spacial score (nSPS) is 11.7. The van der Waals surface area contributed by atoms with Crippen LogP contribution >= 0.6 is 15.9 Å². The number of nitrogens with zero attached hydrogens (tertiary/aromatic N) is 2. The summed E-state index contributed by atoms with van der Waals surface area (Å²) in [4.78, 5) is 5.47. The van der Waals surface area contributed by atoms with Crippen LogP contribution < -0.4 is 10.6 Å². The van der Waals surface area contributed by atoms with E-state index < -0.39 is 11.7 Å². The molecule has 1 aromatic heterocycles. The predicted octanol–water partition coefficient (Wildman–Crippen LogP) is 3.04. The summed E-state index contributed by atoms with van der Waals surface area (Å²) in [7, 11) is 0. The molecule has 1 heterocycles. The van der Waals surface area contributed by atoms with Gasteiger partial charge in [0.2, 0.25) is 0 Å². The second kappa shape index (κ2) is 6.38. The van der Waals surface area contributed by atoms with Gasteiger partial charge in [0.25, 0.3) is 0 Å². The Bertz CT molecular complexity index is 396. The largest absolute Gasteiger partial charge is 0.419 e. The first-order valence-corrected chi connectivity index (χ1v) is 6.37. The fraction of sp³-hybridized carbons (Fsp3) is 0.545. The van der Waals surface area contributed by atoms with Crippen molar-refractivity contribution in [1.29, 1.82) is 0 Å². The average Bonchev–Trinajstić information content (AvgIpc) is 2.30. The zero-order chi connectivity index (χ0) is 13.8. The van der Waals surface area contributed by atoms with Crippen LogP contribution in [-0.2, 0) is 6.18 Å². The van der Waals surface area contributed by atoms with Crippen molar-refractivity contribution in [3.05, 3.63) is 22.3 Å². The molecule has 0 saturated heterocycles. The smallest absolute Gasteiger partial charge is 0.356 e. The van der Waals surface area contributed by atoms with Gasteiger partial charge < -0.3 is 10.6 Å². The summed E-state index contributed by atoms with van der Waals surface area (Å²) in [5, 5.41) is 0. The number of nitrogens with two attached hydrogens (primary N) is 1. The van der Waals surface area contributed by atoms with E-state index in [0.717, 1.165) is 6.07 Å². The lowest BCUT2D eigenvalue weighted by atomic mass is 10.2. The molecule has 102 valence electrons. The Balaban J connectivity index is 3.13. The molecule has 0 unspecified atom stereocenters. The van der Waals surface area contributed by atoms with E-state index in [0.29, 0.717) is 30.5 Å². The third-order valence-corrected chi connectivity index (χ3v) is 2.89. The molecule has 0 aliphatic carbocycles. The van der Waals surface area contributed by atoms with Crippen molar-refractivity contribution in [2.75, 3.05) is 24.5 Å². The molecular weight excluding hydrogens is 311 g/mol. The molecule has 0 spiro atoms. The maximum absolute atomic E-state index is 12.9. The molecule has 0 atom stereocenters. The van der Waals surface area contributed by atoms with Crippen molar-refractivity contribution in [1.82, 2.24) is 4.98 Å². The van der Waals surface area contributed by atoms with Crippen LogP contribution in [0.3, 0.4) is 0 Å². The number of hydrogen-bond donors (Lipinski definition) is 1. The Kier molecular flexibility index (Phi) is 5.40. The average molecular weight is 326 g/mol. The molecule has 0 aromatic carbocycles. The topological polar surface area (TPSA) is 42.1 Å². The Morgan fingerprint density at radius 2 is 2.11 bits per heavy atom. The molecule has 2 N–H and O–H groups in total. The standard InChI is InChI=1S/C11H15BrF3N3/c1-2-18(5-3-4-16)10-9(11(13,14)15)6-8(12)7-17-10/h6-7H,2-5,16H2,1H3. The molecular formula is C11H15BrF3N3. The van der Waals surface area contributed by atoms with Crippen LogP contribution in [-0.4, -0.2) is 24.6 Å². The highest BCUT2D eigenvalue weighted by Crippen LogP contribution is 2.36. The van der Waals surface area contributed by atoms with Crippen molar-refractivity contribution < 1.29 is 13.2 Å². The SMILES string of the molecule is CCN(CCCN)c1ncc(Br)cc1C(F)(F)F. The molecule has 0 bridgehead atoms. The van der Waals surface area contributed by atoms with Gasteiger partial charge in [0, 0.05) is 23.8 Å². The van der Waals surface area contributed by atoms with Crippen molar-refractivity contribution in [3.8, 4) is 0 Å². The summed E-state index contributed by atoms with van der Waals surface area (Å²) in [6.45, 7) is 3.15. The van der Waals surface area contributed by atoms with Gasteiger partial charge in [0.15, 0.2) is 0 Å². The minimum absolute atomic E-state index is 0.0401. The summed E-state index contributed by atoms with van der Waals surface area (Å²) in [6, 6.07) is 1.05. The summed E-state index contributed by atoms with van der Waals surface area (Å²) in [5.41, 5.74) is 4.65. The highest BCUT2D eigenvalue weighted by atomic mass is 79.9. The van der Waals surface area contributed by atoms with Crippen molar-refractivity contribution >= 4 is 21.7 Å². The molecule has 3 nitrogen and oxygen atoms in total. The third kappa shape index (κ3) is 3.84. The Morgan fingerprint density at radius 1 is 1.44 bits per heavy atom. The van der Waals surface area contributed by atoms with E-state index in [9.17, 15) is 13.2 Å². The summed E-state index contributed by atoms with van der Waals surface area (Å²) in [5.74, 6) is -0.0401. The molecule has 7 heteroatoms. The van der Waals surface area contributed by atoms with Gasteiger partial charge in [-0.25, -0.2) is 4.98 Å². The van der Waals surface area contributed by atoms with E-state index in [1.54, 1.807) is 11.8 Å². The van der Waals surface area contributed by atoms with E-state index in [1.165, 1.54) is 6.20 Å². The Hall–Kier alpha value is -0.820. The molecule has 18 heavy (non-hydrogen) atoms. The maximum atomic E-state index is 12.9. The summed E-state index contributed by atoms with van der Waals surface area (Å²) >= 11 is 3.01. The number of alkyl halides is 3. The lowest BCUT2D eigenvalue weighted by Crippen LogP contribution is -2.29. The molecule has 0 aliphatic rings. The van der Waals surface area contributed by atoms with E-state index in [1.807, 2.05) is 0 Å². The number of halogens is 4. The van der Waals surface area contributed by atoms with Crippen LogP contribution in [0.25, 0.3) is 0 Å². The Labute approximate surface area is 112 Å². The van der Waals surface area contributed by atoms with Gasteiger partial charge in [0.05, 0.1) is 5.56 Å². The molecule has 0 aliphatic heterocycles. The first-order chi connectivity index (χ1) is 8.40. The number of rotatable bonds is 5. The van der Waals surface area contributed by atoms with Gasteiger partial charge in [-0.3, -0.25) is 0 Å². The molecule has 0 fully saturated rings. The van der Waals surface area contributed by atoms with Crippen LogP contribution in [0.4, 0.5) is 19.0 Å². The monoisotopic (exact) mass is 325 g/mol. The summed E-state index contributed by atoms with van der Waals surface area (Å²) < 4.78 is 39.1. The van der Waals surface area contributed by atoms with Crippen LogP contribution in [0.15, 0.2) is 16.7 Å². The van der Waals surface area contributed by atoms with Crippen LogP contribution in [0.5, 0.6) is 0 Å². The zero-order valence-electron chi connectivity index (χ0n) is 9.97. The highest BCUT2D eigenvalue weighted by Gasteiger charge is 2.35. The van der Waals surface area contributed by atoms with E-state index in [2.05, 4.69) is 20.9 Å². The van der Waals surface area contributed by atoms with E-state index in [4.69, 9.17) is 5.73 Å². The van der Waals surface area contributed by atoms with Gasteiger partial charge in [-0.15, -0.1) is 0 Å². The quantitative estimate of drug-likeness (QED) is 0.904. The second-order valence-electron chi connectivity index (χ2n) is 3.74. The molecule has 0 radical (unpaired) electrons. The first-order valence-electron chi connectivity index (χ1n) is 5.58. The van der Waals surface area contributed by atoms with Gasteiger partial charge in [0.1, 0.15) is 5.82 Å². The first kappa shape index (κ1) is 15.2. The minimum Gasteiger partial charge on any atom is -0.356 e. The molecule has 1 aromatic rings. The highest BCUT2D eigenvalue weighted by molar-refractivity contribution is 9.10. The van der Waals surface area contributed by atoms with E-state index >= 15 is 0 Å². The second-order valence-corrected chi connectivity index (χ2v) is 4.66. The van der Waals surface area contributed by atoms with Gasteiger partial charge in [-0.05, 0) is 41.9 Å². The number of anilines is 1. The lowest BCUT2D eigenvalue weighted by molar-refractivity contribution is -0.137. The minimum atomic E-state index is -4.41. The van der Waals surface area contributed by atoms with Gasteiger partial charge in [-0.1, -0.05) is 0 Å². The van der Waals surface area contributed by atoms with Crippen LogP contribution in [0, 0.1) is 0 Å². The number of hydrogen-bond acceptors (Lipinski definition) is 3. The third-order valence-electron chi connectivity index (χ3n) is 2.45. The number of pyridine rings is 1. The van der Waals surface area contributed by atoms with Crippen LogP contribution in [0.1, 0.15) is 18.9 Å². The maximum Gasteiger partial charge on any atom is 0.419 e. The van der Waals surface area contributed by atoms with Crippen molar-refractivity contribution in [2.45, 2.75) is 19.5 Å². The van der Waals surface area contributed by atoms with E-state index in [-0.39, 0.29) is 5.82 Å². The number of aromatic nitrogens is 1. The summed E-state index contributed by atoms with van der Waals surface area (Å²) in [6.07, 6.45) is -2.42. The zero-order valence-corrected chi connectivity index (χ0v) is 11.6. The fourth-order valence-electron chi connectivity index (χ4n) is 1.59. The van der Waals surface area contributed by atoms with Crippen molar-refractivity contribution in [2.24, 2.45) is 5.73 Å². The van der Waals surface area contributed by atoms with Gasteiger partial charge in [-0.2, -0.15) is 13.2 Å². The van der Waals surface area contributed by atoms with Crippen molar-refractivity contribution in [3.63, 3.8) is 0 Å².